The molecule has 12 nitrogen and oxygen atoms in total. The second-order valence-electron chi connectivity index (χ2n) is 7.03. The first kappa shape index (κ1) is 25.3. The fraction of sp³-hybridized carbons (Fsp3) is 0.300. The number of nitrogens with one attached hydrogen (secondary N) is 3. The van der Waals surface area contributed by atoms with Crippen molar-refractivity contribution in [2.75, 3.05) is 6.61 Å². The lowest BCUT2D eigenvalue weighted by Crippen LogP contribution is -2.47. The molecule has 0 saturated heterocycles. The van der Waals surface area contributed by atoms with Gasteiger partial charge in [-0.25, -0.2) is 9.59 Å². The molecular formula is C20H21ClN4O8. The molecule has 0 radical (unpaired) electrons. The molecule has 1 aromatic carbocycles. The standard InChI is InChI=1S/C20H21ClN4O8/c1-11(2)17(24-18(27)14-6-5-12(25(30)31)8-15(14)21)19(28)33-10-16(26)23-20(29)22-9-13-4-3-7-32-13/h3-8,11,17H,9-10H2,1-2H3,(H,24,27)(H2,22,23,26,29). The number of carbonyl (C=O) groups excluding carboxylic acids is 4. The lowest BCUT2D eigenvalue weighted by atomic mass is 10.0. The van der Waals surface area contributed by atoms with Gasteiger partial charge in [0.05, 0.1) is 28.3 Å². The highest BCUT2D eigenvalue weighted by molar-refractivity contribution is 6.34. The number of nitro groups is 1. The molecule has 0 bridgehead atoms. The average Bonchev–Trinajstić information content (AvgIpc) is 3.27. The number of amides is 4. The smallest absolute Gasteiger partial charge is 0.329 e. The number of carbonyl (C=O) groups is 4. The van der Waals surface area contributed by atoms with Gasteiger partial charge in [-0.3, -0.25) is 25.0 Å². The zero-order chi connectivity index (χ0) is 24.5. The van der Waals surface area contributed by atoms with Crippen LogP contribution in [0.1, 0.15) is 30.0 Å². The van der Waals surface area contributed by atoms with Gasteiger partial charge in [0, 0.05) is 12.1 Å². The van der Waals surface area contributed by atoms with E-state index in [4.69, 9.17) is 20.8 Å². The fourth-order valence-electron chi connectivity index (χ4n) is 2.53. The van der Waals surface area contributed by atoms with Gasteiger partial charge in [-0.1, -0.05) is 25.4 Å². The molecule has 33 heavy (non-hydrogen) atoms. The normalized spacial score (nSPS) is 11.4. The van der Waals surface area contributed by atoms with Gasteiger partial charge in [0.2, 0.25) is 0 Å². The van der Waals surface area contributed by atoms with Crippen molar-refractivity contribution in [2.45, 2.75) is 26.4 Å². The van der Waals surface area contributed by atoms with E-state index in [1.54, 1.807) is 26.0 Å². The third-order valence-corrected chi connectivity index (χ3v) is 4.53. The van der Waals surface area contributed by atoms with E-state index < -0.39 is 47.3 Å². The summed E-state index contributed by atoms with van der Waals surface area (Å²) in [6.07, 6.45) is 1.43. The molecule has 0 aliphatic heterocycles. The highest BCUT2D eigenvalue weighted by atomic mass is 35.5. The quantitative estimate of drug-likeness (QED) is 0.278. The van der Waals surface area contributed by atoms with Gasteiger partial charge >= 0.3 is 12.0 Å². The number of urea groups is 1. The lowest BCUT2D eigenvalue weighted by molar-refractivity contribution is -0.384. The van der Waals surface area contributed by atoms with E-state index in [0.717, 1.165) is 18.2 Å². The van der Waals surface area contributed by atoms with E-state index in [-0.39, 0.29) is 22.8 Å². The molecule has 1 aromatic heterocycles. The third-order valence-electron chi connectivity index (χ3n) is 4.22. The van der Waals surface area contributed by atoms with E-state index in [0.29, 0.717) is 5.76 Å². The Bertz CT molecular complexity index is 1040. The predicted octanol–water partition coefficient (Wildman–Crippen LogP) is 2.16. The SMILES string of the molecule is CC(C)C(NC(=O)c1ccc([N+](=O)[O-])cc1Cl)C(=O)OCC(=O)NC(=O)NCc1ccco1. The summed E-state index contributed by atoms with van der Waals surface area (Å²) in [4.78, 5) is 58.6. The number of nitro benzene ring substituents is 1. The number of hydrogen-bond acceptors (Lipinski definition) is 8. The summed E-state index contributed by atoms with van der Waals surface area (Å²) < 4.78 is 9.94. The molecule has 13 heteroatoms. The number of rotatable bonds is 9. The number of benzene rings is 1. The Labute approximate surface area is 192 Å². The van der Waals surface area contributed by atoms with E-state index in [1.807, 2.05) is 5.32 Å². The van der Waals surface area contributed by atoms with Crippen LogP contribution in [0.5, 0.6) is 0 Å². The maximum absolute atomic E-state index is 12.5. The first-order chi connectivity index (χ1) is 15.6. The minimum Gasteiger partial charge on any atom is -0.467 e. The summed E-state index contributed by atoms with van der Waals surface area (Å²) in [5.74, 6) is -2.51. The van der Waals surface area contributed by atoms with Crippen LogP contribution in [0.3, 0.4) is 0 Å². The van der Waals surface area contributed by atoms with Gasteiger partial charge < -0.3 is 19.8 Å². The van der Waals surface area contributed by atoms with Crippen LogP contribution in [0, 0.1) is 16.0 Å². The number of esters is 1. The van der Waals surface area contributed by atoms with Crippen molar-refractivity contribution in [3.63, 3.8) is 0 Å². The molecule has 3 N–H and O–H groups in total. The second-order valence-corrected chi connectivity index (χ2v) is 7.44. The number of non-ortho nitro benzene ring substituents is 1. The highest BCUT2D eigenvalue weighted by Gasteiger charge is 2.28. The van der Waals surface area contributed by atoms with Crippen molar-refractivity contribution in [2.24, 2.45) is 5.92 Å². The molecule has 0 fully saturated rings. The number of nitrogens with zero attached hydrogens (tertiary/aromatic N) is 1. The van der Waals surface area contributed by atoms with Crippen LogP contribution in [0.25, 0.3) is 0 Å². The van der Waals surface area contributed by atoms with Crippen molar-refractivity contribution in [3.05, 3.63) is 63.1 Å². The molecule has 0 saturated carbocycles. The molecule has 2 aromatic rings. The summed E-state index contributed by atoms with van der Waals surface area (Å²) in [5.41, 5.74) is -0.373. The van der Waals surface area contributed by atoms with Crippen LogP contribution in [0.4, 0.5) is 10.5 Å². The molecule has 0 aliphatic carbocycles. The number of furan rings is 1. The van der Waals surface area contributed by atoms with Gasteiger partial charge in [0.25, 0.3) is 17.5 Å². The Kier molecular flexibility index (Phi) is 8.92. The number of halogens is 1. The van der Waals surface area contributed by atoms with Crippen LogP contribution in [-0.2, 0) is 20.9 Å². The largest absolute Gasteiger partial charge is 0.467 e. The Balaban J connectivity index is 1.88. The molecule has 1 atom stereocenters. The molecule has 1 heterocycles. The topological polar surface area (TPSA) is 170 Å². The minimum absolute atomic E-state index is 0.0541. The van der Waals surface area contributed by atoms with Gasteiger partial charge in [-0.15, -0.1) is 0 Å². The van der Waals surface area contributed by atoms with Crippen LogP contribution < -0.4 is 16.0 Å². The van der Waals surface area contributed by atoms with E-state index >= 15 is 0 Å². The van der Waals surface area contributed by atoms with E-state index in [1.165, 1.54) is 6.26 Å². The molecule has 1 unspecified atom stereocenters. The first-order valence-corrected chi connectivity index (χ1v) is 9.97. The third kappa shape index (κ3) is 7.61. The first-order valence-electron chi connectivity index (χ1n) is 9.60. The predicted molar refractivity (Wildman–Crippen MR) is 114 cm³/mol. The van der Waals surface area contributed by atoms with Crippen molar-refractivity contribution in [1.29, 1.82) is 0 Å². The maximum Gasteiger partial charge on any atom is 0.329 e. The summed E-state index contributed by atoms with van der Waals surface area (Å²) in [6.45, 7) is 2.56. The summed E-state index contributed by atoms with van der Waals surface area (Å²) >= 11 is 5.94. The van der Waals surface area contributed by atoms with Gasteiger partial charge in [-0.05, 0) is 24.1 Å². The molecule has 176 valence electrons. The number of ether oxygens (including phenoxy) is 1. The van der Waals surface area contributed by atoms with Crippen LogP contribution in [0.15, 0.2) is 41.0 Å². The number of imide groups is 1. The van der Waals surface area contributed by atoms with Gasteiger partial charge in [0.1, 0.15) is 11.8 Å². The monoisotopic (exact) mass is 480 g/mol. The van der Waals surface area contributed by atoms with Crippen LogP contribution in [0.2, 0.25) is 5.02 Å². The summed E-state index contributed by atoms with van der Waals surface area (Å²) in [5, 5.41) is 17.4. The minimum atomic E-state index is -1.15. The Morgan fingerprint density at radius 2 is 1.94 bits per heavy atom. The Morgan fingerprint density at radius 3 is 2.52 bits per heavy atom. The van der Waals surface area contributed by atoms with Gasteiger partial charge in [-0.2, -0.15) is 0 Å². The van der Waals surface area contributed by atoms with Crippen LogP contribution in [-0.4, -0.2) is 41.4 Å². The maximum atomic E-state index is 12.5. The van der Waals surface area contributed by atoms with Crippen molar-refractivity contribution >= 4 is 41.1 Å². The number of hydrogen-bond donors (Lipinski definition) is 3. The molecule has 0 aliphatic rings. The lowest BCUT2D eigenvalue weighted by Gasteiger charge is -2.21. The molecule has 2 rings (SSSR count). The van der Waals surface area contributed by atoms with Gasteiger partial charge in [0.15, 0.2) is 6.61 Å². The van der Waals surface area contributed by atoms with E-state index in [9.17, 15) is 29.3 Å². The zero-order valence-corrected chi connectivity index (χ0v) is 18.4. The summed E-state index contributed by atoms with van der Waals surface area (Å²) in [7, 11) is 0. The summed E-state index contributed by atoms with van der Waals surface area (Å²) in [6, 6.07) is 4.59. The van der Waals surface area contributed by atoms with E-state index in [2.05, 4.69) is 10.6 Å². The highest BCUT2D eigenvalue weighted by Crippen LogP contribution is 2.22. The fourth-order valence-corrected chi connectivity index (χ4v) is 2.79. The average molecular weight is 481 g/mol. The zero-order valence-electron chi connectivity index (χ0n) is 17.6. The second kappa shape index (κ2) is 11.6. The van der Waals surface area contributed by atoms with Crippen LogP contribution >= 0.6 is 11.6 Å². The molecular weight excluding hydrogens is 460 g/mol. The Morgan fingerprint density at radius 1 is 1.21 bits per heavy atom. The van der Waals surface area contributed by atoms with Crippen molar-refractivity contribution in [3.8, 4) is 0 Å². The molecule has 4 amide bonds. The van der Waals surface area contributed by atoms with Crippen molar-refractivity contribution in [1.82, 2.24) is 16.0 Å². The molecule has 0 spiro atoms. The Hall–Kier alpha value is -3.93. The van der Waals surface area contributed by atoms with Crippen molar-refractivity contribution < 1.29 is 33.3 Å².